The number of nitrogens with zero attached hydrogens (tertiary/aromatic N) is 3. The highest BCUT2D eigenvalue weighted by molar-refractivity contribution is 9.10. The molecule has 0 aliphatic rings. The Morgan fingerprint density at radius 2 is 2.29 bits per heavy atom. The Labute approximate surface area is 104 Å². The van der Waals surface area contributed by atoms with E-state index >= 15 is 0 Å². The number of nitro benzene ring substituents is 1. The maximum atomic E-state index is 13.5. The average molecular weight is 300 g/mol. The van der Waals surface area contributed by atoms with Gasteiger partial charge in [0.25, 0.3) is 5.69 Å². The molecule has 1 aromatic carbocycles. The average Bonchev–Trinajstić information content (AvgIpc) is 2.67. The van der Waals surface area contributed by atoms with Gasteiger partial charge in [-0.2, -0.15) is 5.10 Å². The zero-order chi connectivity index (χ0) is 12.4. The van der Waals surface area contributed by atoms with Crippen molar-refractivity contribution in [3.63, 3.8) is 0 Å². The summed E-state index contributed by atoms with van der Waals surface area (Å²) in [5.41, 5.74) is -0.218. The van der Waals surface area contributed by atoms with Crippen LogP contribution < -0.4 is 0 Å². The number of benzene rings is 1. The lowest BCUT2D eigenvalue weighted by atomic mass is 10.1. The number of aromatic nitrogens is 2. The van der Waals surface area contributed by atoms with Crippen molar-refractivity contribution in [2.75, 3.05) is 0 Å². The molecule has 1 heterocycles. The van der Waals surface area contributed by atoms with E-state index in [2.05, 4.69) is 21.0 Å². The molecule has 0 fully saturated rings. The molecule has 2 rings (SSSR count). The molecule has 0 N–H and O–H groups in total. The zero-order valence-electron chi connectivity index (χ0n) is 8.51. The molecular weight excluding hydrogens is 293 g/mol. The first-order chi connectivity index (χ1) is 8.08. The molecule has 5 nitrogen and oxygen atoms in total. The summed E-state index contributed by atoms with van der Waals surface area (Å²) in [4.78, 5) is 10.2. The van der Waals surface area contributed by atoms with Gasteiger partial charge in [0.2, 0.25) is 0 Å². The van der Waals surface area contributed by atoms with Crippen LogP contribution in [0.2, 0.25) is 0 Å². The minimum atomic E-state index is -0.606. The lowest BCUT2D eigenvalue weighted by Gasteiger charge is -2.04. The number of hydrogen-bond acceptors (Lipinski definition) is 3. The van der Waals surface area contributed by atoms with Crippen LogP contribution in [0.15, 0.2) is 35.1 Å². The molecule has 0 spiro atoms. The van der Waals surface area contributed by atoms with E-state index in [1.54, 1.807) is 6.20 Å². The van der Waals surface area contributed by atoms with Crippen molar-refractivity contribution in [2.45, 2.75) is 6.54 Å². The predicted molar refractivity (Wildman–Crippen MR) is 62.1 cm³/mol. The lowest BCUT2D eigenvalue weighted by Crippen LogP contribution is -2.05. The molecule has 1 aromatic heterocycles. The Morgan fingerprint density at radius 1 is 1.53 bits per heavy atom. The van der Waals surface area contributed by atoms with Crippen molar-refractivity contribution in [3.05, 3.63) is 56.6 Å². The van der Waals surface area contributed by atoms with Gasteiger partial charge in [0.1, 0.15) is 5.82 Å². The Morgan fingerprint density at radius 3 is 2.88 bits per heavy atom. The molecule has 7 heteroatoms. The van der Waals surface area contributed by atoms with Crippen LogP contribution >= 0.6 is 15.9 Å². The molecule has 0 unspecified atom stereocenters. The van der Waals surface area contributed by atoms with Gasteiger partial charge < -0.3 is 0 Å². The van der Waals surface area contributed by atoms with E-state index in [4.69, 9.17) is 0 Å². The van der Waals surface area contributed by atoms with E-state index in [0.717, 1.165) is 4.47 Å². The summed E-state index contributed by atoms with van der Waals surface area (Å²) >= 11 is 3.20. The molecule has 0 aliphatic carbocycles. The summed E-state index contributed by atoms with van der Waals surface area (Å²) in [6.07, 6.45) is 3.16. The summed E-state index contributed by atoms with van der Waals surface area (Å²) in [6, 6.07) is 3.79. The van der Waals surface area contributed by atoms with Crippen molar-refractivity contribution in [1.29, 1.82) is 0 Å². The standard InChI is InChI=1S/C10H7BrFN3O2/c11-7-4-13-14(5-7)6-8-9(12)2-1-3-10(8)15(16)17/h1-5H,6H2. The second-order valence-corrected chi connectivity index (χ2v) is 4.27. The molecule has 17 heavy (non-hydrogen) atoms. The highest BCUT2D eigenvalue weighted by Gasteiger charge is 2.18. The van der Waals surface area contributed by atoms with Crippen molar-refractivity contribution in [3.8, 4) is 0 Å². The quantitative estimate of drug-likeness (QED) is 0.647. The Balaban J connectivity index is 2.40. The Kier molecular flexibility index (Phi) is 3.19. The molecule has 0 radical (unpaired) electrons. The minimum Gasteiger partial charge on any atom is -0.267 e. The highest BCUT2D eigenvalue weighted by Crippen LogP contribution is 2.22. The van der Waals surface area contributed by atoms with Crippen LogP contribution in [0.3, 0.4) is 0 Å². The fourth-order valence-corrected chi connectivity index (χ4v) is 1.79. The maximum absolute atomic E-state index is 13.5. The molecule has 2 aromatic rings. The third kappa shape index (κ3) is 2.50. The molecule has 0 saturated carbocycles. The molecule has 0 amide bonds. The van der Waals surface area contributed by atoms with Crippen molar-refractivity contribution in [1.82, 2.24) is 9.78 Å². The monoisotopic (exact) mass is 299 g/mol. The second kappa shape index (κ2) is 4.62. The fourth-order valence-electron chi connectivity index (χ4n) is 1.46. The van der Waals surface area contributed by atoms with Gasteiger partial charge in [-0.05, 0) is 22.0 Å². The summed E-state index contributed by atoms with van der Waals surface area (Å²) in [7, 11) is 0. The van der Waals surface area contributed by atoms with Crippen LogP contribution in [0.25, 0.3) is 0 Å². The maximum Gasteiger partial charge on any atom is 0.277 e. The summed E-state index contributed by atoms with van der Waals surface area (Å²) in [6.45, 7) is 0.0224. The smallest absolute Gasteiger partial charge is 0.267 e. The Hall–Kier alpha value is -1.76. The minimum absolute atomic E-state index is 0.0214. The molecule has 88 valence electrons. The first kappa shape index (κ1) is 11.7. The van der Waals surface area contributed by atoms with Gasteiger partial charge in [-0.15, -0.1) is 0 Å². The van der Waals surface area contributed by atoms with E-state index < -0.39 is 10.7 Å². The van der Waals surface area contributed by atoms with Crippen LogP contribution in [-0.4, -0.2) is 14.7 Å². The van der Waals surface area contributed by atoms with Crippen LogP contribution in [0.4, 0.5) is 10.1 Å². The normalized spacial score (nSPS) is 10.5. The molecule has 0 bridgehead atoms. The van der Waals surface area contributed by atoms with Crippen LogP contribution in [-0.2, 0) is 6.54 Å². The molecular formula is C10H7BrFN3O2. The number of halogens is 2. The number of nitro groups is 1. The summed E-state index contributed by atoms with van der Waals surface area (Å²) < 4.78 is 15.7. The second-order valence-electron chi connectivity index (χ2n) is 3.35. The van der Waals surface area contributed by atoms with Crippen molar-refractivity contribution >= 4 is 21.6 Å². The third-order valence-electron chi connectivity index (χ3n) is 2.21. The fraction of sp³-hybridized carbons (Fsp3) is 0.100. The largest absolute Gasteiger partial charge is 0.277 e. The topological polar surface area (TPSA) is 61.0 Å². The van der Waals surface area contributed by atoms with E-state index in [1.165, 1.54) is 29.1 Å². The Bertz CT molecular complexity index is 570. The van der Waals surface area contributed by atoms with Gasteiger partial charge in [0, 0.05) is 12.3 Å². The molecule has 0 saturated heterocycles. The van der Waals surface area contributed by atoms with Crippen LogP contribution in [0.5, 0.6) is 0 Å². The van der Waals surface area contributed by atoms with Gasteiger partial charge in [-0.25, -0.2) is 4.39 Å². The first-order valence-corrected chi connectivity index (χ1v) is 5.47. The van der Waals surface area contributed by atoms with Crippen molar-refractivity contribution < 1.29 is 9.31 Å². The molecule has 0 atom stereocenters. The van der Waals surface area contributed by atoms with E-state index in [-0.39, 0.29) is 17.8 Å². The third-order valence-corrected chi connectivity index (χ3v) is 2.62. The van der Waals surface area contributed by atoms with Gasteiger partial charge in [-0.3, -0.25) is 14.8 Å². The highest BCUT2D eigenvalue weighted by atomic mass is 79.9. The van der Waals surface area contributed by atoms with Gasteiger partial charge in [0.05, 0.1) is 27.7 Å². The summed E-state index contributed by atoms with van der Waals surface area (Å²) in [5.74, 6) is -0.606. The van der Waals surface area contributed by atoms with Gasteiger partial charge in [-0.1, -0.05) is 6.07 Å². The van der Waals surface area contributed by atoms with Gasteiger partial charge >= 0.3 is 0 Å². The van der Waals surface area contributed by atoms with Crippen LogP contribution in [0, 0.1) is 15.9 Å². The van der Waals surface area contributed by atoms with E-state index in [1.807, 2.05) is 0 Å². The first-order valence-electron chi connectivity index (χ1n) is 4.67. The van der Waals surface area contributed by atoms with Crippen LogP contribution in [0.1, 0.15) is 5.56 Å². The SMILES string of the molecule is O=[N+]([O-])c1cccc(F)c1Cn1cc(Br)cn1. The lowest BCUT2D eigenvalue weighted by molar-refractivity contribution is -0.385. The molecule has 0 aliphatic heterocycles. The van der Waals surface area contributed by atoms with Crippen molar-refractivity contribution in [2.24, 2.45) is 0 Å². The summed E-state index contributed by atoms with van der Waals surface area (Å²) in [5, 5.41) is 14.7. The number of hydrogen-bond donors (Lipinski definition) is 0. The predicted octanol–water partition coefficient (Wildman–Crippen LogP) is 2.74. The van der Waals surface area contributed by atoms with Gasteiger partial charge in [0.15, 0.2) is 0 Å². The van der Waals surface area contributed by atoms with E-state index in [0.29, 0.717) is 0 Å². The zero-order valence-corrected chi connectivity index (χ0v) is 10.1. The number of rotatable bonds is 3. The van der Waals surface area contributed by atoms with E-state index in [9.17, 15) is 14.5 Å².